The number of hydrogen-bond donors (Lipinski definition) is 2. The van der Waals surface area contributed by atoms with E-state index in [9.17, 15) is 4.79 Å². The second-order valence-corrected chi connectivity index (χ2v) is 4.19. The Labute approximate surface area is 111 Å². The van der Waals surface area contributed by atoms with Crippen LogP contribution in [0.4, 0.5) is 5.69 Å². The molecule has 0 bridgehead atoms. The Balaban J connectivity index is 2.42. The van der Waals surface area contributed by atoms with Crippen molar-refractivity contribution in [2.24, 2.45) is 5.73 Å². The molecule has 0 radical (unpaired) electrons. The monoisotopic (exact) mass is 266 g/mol. The van der Waals surface area contributed by atoms with Crippen molar-refractivity contribution < 1.29 is 19.0 Å². The summed E-state index contributed by atoms with van der Waals surface area (Å²) in [5, 5.41) is 3.05. The van der Waals surface area contributed by atoms with Gasteiger partial charge in [0.05, 0.1) is 27.0 Å². The topological polar surface area (TPSA) is 82.8 Å². The van der Waals surface area contributed by atoms with E-state index in [1.165, 1.54) is 0 Å². The number of fused-ring (bicyclic) bond motifs is 1. The number of rotatable bonds is 4. The SMILES string of the molecule is CCOC(=O)C1c2cc(OC)c(OC)cc2NC1N. The van der Waals surface area contributed by atoms with Crippen LogP contribution in [-0.2, 0) is 9.53 Å². The Hall–Kier alpha value is -1.95. The normalized spacial score (nSPS) is 20.4. The molecule has 1 aliphatic rings. The number of carbonyl (C=O) groups is 1. The van der Waals surface area contributed by atoms with Crippen molar-refractivity contribution in [2.75, 3.05) is 26.1 Å². The molecule has 3 N–H and O–H groups in total. The number of hydrogen-bond acceptors (Lipinski definition) is 6. The smallest absolute Gasteiger partial charge is 0.316 e. The molecule has 6 nitrogen and oxygen atoms in total. The Morgan fingerprint density at radius 2 is 1.95 bits per heavy atom. The lowest BCUT2D eigenvalue weighted by molar-refractivity contribution is -0.145. The largest absolute Gasteiger partial charge is 0.493 e. The van der Waals surface area contributed by atoms with Gasteiger partial charge in [-0.2, -0.15) is 0 Å². The van der Waals surface area contributed by atoms with Gasteiger partial charge in [-0.25, -0.2) is 0 Å². The molecule has 2 atom stereocenters. The van der Waals surface area contributed by atoms with E-state index in [-0.39, 0.29) is 5.97 Å². The minimum absolute atomic E-state index is 0.324. The van der Waals surface area contributed by atoms with E-state index < -0.39 is 12.1 Å². The van der Waals surface area contributed by atoms with Gasteiger partial charge in [0.2, 0.25) is 0 Å². The summed E-state index contributed by atoms with van der Waals surface area (Å²) in [6.45, 7) is 2.09. The predicted octanol–water partition coefficient (Wildman–Crippen LogP) is 1.06. The van der Waals surface area contributed by atoms with Crippen molar-refractivity contribution in [1.29, 1.82) is 0 Å². The minimum atomic E-state index is -0.533. The number of benzene rings is 1. The lowest BCUT2D eigenvalue weighted by Crippen LogP contribution is -2.35. The molecule has 6 heteroatoms. The molecule has 104 valence electrons. The number of ether oxygens (including phenoxy) is 3. The molecule has 2 unspecified atom stereocenters. The van der Waals surface area contributed by atoms with Gasteiger partial charge >= 0.3 is 5.97 Å². The minimum Gasteiger partial charge on any atom is -0.493 e. The van der Waals surface area contributed by atoms with Gasteiger partial charge < -0.3 is 25.3 Å². The van der Waals surface area contributed by atoms with Crippen LogP contribution in [0.2, 0.25) is 0 Å². The third kappa shape index (κ3) is 2.31. The molecule has 1 aromatic carbocycles. The van der Waals surface area contributed by atoms with Gasteiger partial charge in [0.1, 0.15) is 5.92 Å². The van der Waals surface area contributed by atoms with Crippen LogP contribution in [0.25, 0.3) is 0 Å². The molecule has 1 heterocycles. The molecular formula is C13H18N2O4. The second-order valence-electron chi connectivity index (χ2n) is 4.19. The van der Waals surface area contributed by atoms with Crippen LogP contribution in [0.3, 0.4) is 0 Å². The Kier molecular flexibility index (Phi) is 3.80. The van der Waals surface area contributed by atoms with Gasteiger partial charge in [0.15, 0.2) is 11.5 Å². The third-order valence-electron chi connectivity index (χ3n) is 3.11. The zero-order valence-electron chi connectivity index (χ0n) is 11.2. The molecule has 2 rings (SSSR count). The summed E-state index contributed by atoms with van der Waals surface area (Å²) in [4.78, 5) is 12.0. The number of anilines is 1. The first-order chi connectivity index (χ1) is 9.12. The summed E-state index contributed by atoms with van der Waals surface area (Å²) in [6.07, 6.45) is -0.508. The molecule has 0 aliphatic carbocycles. The summed E-state index contributed by atoms with van der Waals surface area (Å²) in [7, 11) is 3.11. The highest BCUT2D eigenvalue weighted by Gasteiger charge is 2.37. The molecule has 1 aliphatic heterocycles. The molecule has 0 saturated heterocycles. The van der Waals surface area contributed by atoms with Crippen LogP contribution in [0.1, 0.15) is 18.4 Å². The average Bonchev–Trinajstić information content (AvgIpc) is 2.72. The van der Waals surface area contributed by atoms with Gasteiger partial charge in [0, 0.05) is 11.8 Å². The Morgan fingerprint density at radius 3 is 2.53 bits per heavy atom. The van der Waals surface area contributed by atoms with Gasteiger partial charge in [0.25, 0.3) is 0 Å². The summed E-state index contributed by atoms with van der Waals surface area (Å²) in [5.41, 5.74) is 7.48. The van der Waals surface area contributed by atoms with Crippen LogP contribution in [0, 0.1) is 0 Å². The Morgan fingerprint density at radius 1 is 1.32 bits per heavy atom. The zero-order chi connectivity index (χ0) is 14.0. The van der Waals surface area contributed by atoms with Gasteiger partial charge in [-0.3, -0.25) is 4.79 Å². The van der Waals surface area contributed by atoms with Gasteiger partial charge in [-0.05, 0) is 18.6 Å². The van der Waals surface area contributed by atoms with Gasteiger partial charge in [-0.1, -0.05) is 0 Å². The fraction of sp³-hybridized carbons (Fsp3) is 0.462. The first kappa shape index (κ1) is 13.5. The summed E-state index contributed by atoms with van der Waals surface area (Å²) in [5.74, 6) is 0.278. The Bertz CT molecular complexity index is 490. The number of esters is 1. The average molecular weight is 266 g/mol. The maximum absolute atomic E-state index is 12.0. The van der Waals surface area contributed by atoms with E-state index in [4.69, 9.17) is 19.9 Å². The lowest BCUT2D eigenvalue weighted by Gasteiger charge is -2.14. The summed E-state index contributed by atoms with van der Waals surface area (Å²) in [6, 6.07) is 3.53. The first-order valence-corrected chi connectivity index (χ1v) is 6.07. The van der Waals surface area contributed by atoms with Crippen LogP contribution < -0.4 is 20.5 Å². The predicted molar refractivity (Wildman–Crippen MR) is 70.5 cm³/mol. The maximum Gasteiger partial charge on any atom is 0.316 e. The number of methoxy groups -OCH3 is 2. The third-order valence-corrected chi connectivity index (χ3v) is 3.11. The second kappa shape index (κ2) is 5.36. The summed E-state index contributed by atoms with van der Waals surface area (Å²) < 4.78 is 15.5. The molecular weight excluding hydrogens is 248 g/mol. The van der Waals surface area contributed by atoms with E-state index in [0.717, 1.165) is 11.3 Å². The van der Waals surface area contributed by atoms with E-state index in [2.05, 4.69) is 5.32 Å². The number of nitrogens with one attached hydrogen (secondary N) is 1. The highest BCUT2D eigenvalue weighted by Crippen LogP contribution is 2.42. The van der Waals surface area contributed by atoms with Crippen molar-refractivity contribution in [2.45, 2.75) is 19.0 Å². The number of nitrogens with two attached hydrogens (primary N) is 1. The van der Waals surface area contributed by atoms with Crippen molar-refractivity contribution >= 4 is 11.7 Å². The standard InChI is InChI=1S/C13H18N2O4/c1-4-19-13(16)11-7-5-9(17-2)10(18-3)6-8(7)15-12(11)14/h5-6,11-12,15H,4,14H2,1-3H3. The molecule has 0 fully saturated rings. The van der Waals surface area contributed by atoms with E-state index in [1.54, 1.807) is 33.3 Å². The molecule has 1 aromatic rings. The highest BCUT2D eigenvalue weighted by atomic mass is 16.5. The van der Waals surface area contributed by atoms with E-state index >= 15 is 0 Å². The number of carbonyl (C=O) groups excluding carboxylic acids is 1. The quantitative estimate of drug-likeness (QED) is 0.793. The molecule has 0 amide bonds. The van der Waals surface area contributed by atoms with Crippen LogP contribution in [-0.4, -0.2) is 33.0 Å². The van der Waals surface area contributed by atoms with Crippen molar-refractivity contribution in [3.05, 3.63) is 17.7 Å². The molecule has 0 saturated carbocycles. The van der Waals surface area contributed by atoms with Crippen molar-refractivity contribution in [3.8, 4) is 11.5 Å². The zero-order valence-corrected chi connectivity index (χ0v) is 11.2. The first-order valence-electron chi connectivity index (χ1n) is 6.07. The fourth-order valence-corrected chi connectivity index (χ4v) is 2.24. The van der Waals surface area contributed by atoms with E-state index in [0.29, 0.717) is 18.1 Å². The lowest BCUT2D eigenvalue weighted by atomic mass is 9.99. The van der Waals surface area contributed by atoms with Crippen LogP contribution in [0.15, 0.2) is 12.1 Å². The van der Waals surface area contributed by atoms with Crippen molar-refractivity contribution in [1.82, 2.24) is 0 Å². The highest BCUT2D eigenvalue weighted by molar-refractivity contribution is 5.85. The maximum atomic E-state index is 12.0. The fourth-order valence-electron chi connectivity index (χ4n) is 2.24. The molecule has 19 heavy (non-hydrogen) atoms. The molecule has 0 aromatic heterocycles. The van der Waals surface area contributed by atoms with E-state index in [1.807, 2.05) is 0 Å². The van der Waals surface area contributed by atoms with Gasteiger partial charge in [-0.15, -0.1) is 0 Å². The van der Waals surface area contributed by atoms with Crippen LogP contribution >= 0.6 is 0 Å². The van der Waals surface area contributed by atoms with Crippen LogP contribution in [0.5, 0.6) is 11.5 Å². The summed E-state index contributed by atoms with van der Waals surface area (Å²) >= 11 is 0. The van der Waals surface area contributed by atoms with Crippen molar-refractivity contribution in [3.63, 3.8) is 0 Å². The molecule has 0 spiro atoms.